The van der Waals surface area contributed by atoms with Crippen LogP contribution in [0.15, 0.2) is 0 Å². The predicted octanol–water partition coefficient (Wildman–Crippen LogP) is -1.36. The van der Waals surface area contributed by atoms with Gasteiger partial charge in [-0.1, -0.05) is 0 Å². The Hall–Kier alpha value is -2.49. The van der Waals surface area contributed by atoms with E-state index < -0.39 is 17.8 Å². The highest BCUT2D eigenvalue weighted by atomic mass is 16.7. The maximum atomic E-state index is 11.5. The molecule has 1 heterocycles. The lowest BCUT2D eigenvalue weighted by atomic mass is 10.2. The molecule has 24 heavy (non-hydrogen) atoms. The maximum Gasteiger partial charge on any atom is 0.333 e. The summed E-state index contributed by atoms with van der Waals surface area (Å²) in [6, 6.07) is 0. The number of ether oxygens (including phenoxy) is 1. The van der Waals surface area contributed by atoms with Crippen molar-refractivity contribution in [3.8, 4) is 0 Å². The molecule has 134 valence electrons. The number of carbonyl (C=O) groups excluding carboxylic acids is 5. The van der Waals surface area contributed by atoms with Gasteiger partial charge in [0.25, 0.3) is 11.8 Å². The summed E-state index contributed by atoms with van der Waals surface area (Å²) in [5.74, 6) is -2.04. The van der Waals surface area contributed by atoms with Crippen LogP contribution < -0.4 is 10.6 Å². The zero-order valence-corrected chi connectivity index (χ0v) is 13.2. The third-order valence-corrected chi connectivity index (χ3v) is 3.03. The minimum absolute atomic E-state index is 0.0435. The van der Waals surface area contributed by atoms with Gasteiger partial charge in [0.15, 0.2) is 0 Å². The number of hydrogen-bond donors (Lipinski definition) is 2. The van der Waals surface area contributed by atoms with Crippen LogP contribution in [0.5, 0.6) is 0 Å². The largest absolute Gasteiger partial charge is 0.378 e. The van der Waals surface area contributed by atoms with Crippen LogP contribution >= 0.6 is 0 Å². The fraction of sp³-hybridized carbons (Fsp3) is 0.643. The summed E-state index contributed by atoms with van der Waals surface area (Å²) >= 11 is 0. The van der Waals surface area contributed by atoms with E-state index >= 15 is 0 Å². The second-order valence-electron chi connectivity index (χ2n) is 4.93. The molecule has 0 spiro atoms. The van der Waals surface area contributed by atoms with E-state index in [0.29, 0.717) is 37.8 Å². The Kier molecular flexibility index (Phi) is 9.05. The van der Waals surface area contributed by atoms with Gasteiger partial charge in [0.2, 0.25) is 12.3 Å². The Balaban J connectivity index is 2.02. The molecule has 1 fully saturated rings. The van der Waals surface area contributed by atoms with E-state index in [9.17, 15) is 24.0 Å². The monoisotopic (exact) mass is 343 g/mol. The predicted molar refractivity (Wildman–Crippen MR) is 78.9 cm³/mol. The number of imide groups is 1. The average molecular weight is 343 g/mol. The summed E-state index contributed by atoms with van der Waals surface area (Å²) in [5, 5.41) is 5.53. The van der Waals surface area contributed by atoms with Crippen molar-refractivity contribution < 1.29 is 33.5 Å². The molecule has 0 radical (unpaired) electrons. The van der Waals surface area contributed by atoms with Crippen LogP contribution in [0.1, 0.15) is 32.1 Å². The van der Waals surface area contributed by atoms with Crippen LogP contribution in [0.2, 0.25) is 0 Å². The number of nitrogens with zero attached hydrogens (tertiary/aromatic N) is 1. The fourth-order valence-corrected chi connectivity index (χ4v) is 1.84. The van der Waals surface area contributed by atoms with E-state index in [-0.39, 0.29) is 38.0 Å². The lowest BCUT2D eigenvalue weighted by Gasteiger charge is -2.12. The molecule has 0 aromatic heterocycles. The zero-order valence-electron chi connectivity index (χ0n) is 13.2. The van der Waals surface area contributed by atoms with Crippen LogP contribution in [-0.2, 0) is 33.5 Å². The molecular formula is C14H21N3O7. The van der Waals surface area contributed by atoms with Crippen molar-refractivity contribution in [3.05, 3.63) is 0 Å². The Morgan fingerprint density at radius 3 is 2.42 bits per heavy atom. The van der Waals surface area contributed by atoms with Gasteiger partial charge >= 0.3 is 5.97 Å². The molecule has 0 aromatic carbocycles. The number of hydrogen-bond acceptors (Lipinski definition) is 7. The lowest BCUT2D eigenvalue weighted by Crippen LogP contribution is -2.32. The number of hydroxylamine groups is 2. The molecule has 0 saturated carbocycles. The molecular weight excluding hydrogens is 322 g/mol. The Morgan fingerprint density at radius 1 is 1.08 bits per heavy atom. The van der Waals surface area contributed by atoms with Gasteiger partial charge in [-0.25, -0.2) is 4.79 Å². The van der Waals surface area contributed by atoms with Gasteiger partial charge in [-0.05, 0) is 6.42 Å². The standard InChI is InChI=1S/C14H21N3O7/c18-10-15-6-8-23-9-7-16-11(19)2-1-3-14(22)24-17-12(20)4-5-13(17)21/h10H,1-9H2,(H,15,18)(H,16,19). The normalized spacial score (nSPS) is 13.8. The van der Waals surface area contributed by atoms with E-state index in [1.165, 1.54) is 0 Å². The van der Waals surface area contributed by atoms with Crippen molar-refractivity contribution in [1.29, 1.82) is 0 Å². The average Bonchev–Trinajstić information content (AvgIpc) is 2.86. The minimum atomic E-state index is -0.725. The molecule has 1 aliphatic heterocycles. The molecule has 4 amide bonds. The first-order valence-corrected chi connectivity index (χ1v) is 7.62. The van der Waals surface area contributed by atoms with Crippen molar-refractivity contribution >= 4 is 30.1 Å². The topological polar surface area (TPSA) is 131 Å². The van der Waals surface area contributed by atoms with Gasteiger partial charge in [-0.15, -0.1) is 5.06 Å². The summed E-state index contributed by atoms with van der Waals surface area (Å²) in [6.07, 6.45) is 0.947. The summed E-state index contributed by atoms with van der Waals surface area (Å²) in [6.45, 7) is 1.39. The smallest absolute Gasteiger partial charge is 0.333 e. The van der Waals surface area contributed by atoms with Crippen molar-refractivity contribution in [2.24, 2.45) is 0 Å². The second kappa shape index (κ2) is 11.1. The van der Waals surface area contributed by atoms with Gasteiger partial charge in [0.05, 0.1) is 13.2 Å². The lowest BCUT2D eigenvalue weighted by molar-refractivity contribution is -0.197. The van der Waals surface area contributed by atoms with Crippen molar-refractivity contribution in [1.82, 2.24) is 15.7 Å². The molecule has 1 aliphatic rings. The molecule has 1 rings (SSSR count). The first-order chi connectivity index (χ1) is 11.5. The number of carbonyl (C=O) groups is 5. The molecule has 0 aliphatic carbocycles. The van der Waals surface area contributed by atoms with Crippen molar-refractivity contribution in [3.63, 3.8) is 0 Å². The SMILES string of the molecule is O=CNCCOCCNC(=O)CCCC(=O)ON1C(=O)CCC1=O. The van der Waals surface area contributed by atoms with E-state index in [1.54, 1.807) is 0 Å². The van der Waals surface area contributed by atoms with Gasteiger partial charge in [0.1, 0.15) is 0 Å². The number of rotatable bonds is 12. The molecule has 0 aromatic rings. The third-order valence-electron chi connectivity index (χ3n) is 3.03. The molecule has 10 heteroatoms. The second-order valence-corrected chi connectivity index (χ2v) is 4.93. The van der Waals surface area contributed by atoms with E-state index in [1.807, 2.05) is 0 Å². The van der Waals surface area contributed by atoms with Crippen LogP contribution in [-0.4, -0.2) is 61.5 Å². The molecule has 2 N–H and O–H groups in total. The molecule has 10 nitrogen and oxygen atoms in total. The molecule has 0 atom stereocenters. The zero-order chi connectivity index (χ0) is 17.8. The first-order valence-electron chi connectivity index (χ1n) is 7.62. The van der Waals surface area contributed by atoms with E-state index in [4.69, 9.17) is 4.74 Å². The third kappa shape index (κ3) is 7.68. The number of nitrogens with one attached hydrogen (secondary N) is 2. The van der Waals surface area contributed by atoms with E-state index in [2.05, 4.69) is 15.5 Å². The highest BCUT2D eigenvalue weighted by Crippen LogP contribution is 2.13. The minimum Gasteiger partial charge on any atom is -0.378 e. The van der Waals surface area contributed by atoms with Gasteiger partial charge in [0, 0.05) is 38.8 Å². The van der Waals surface area contributed by atoms with Crippen LogP contribution in [0, 0.1) is 0 Å². The van der Waals surface area contributed by atoms with Gasteiger partial charge < -0.3 is 20.2 Å². The first kappa shape index (κ1) is 19.6. The van der Waals surface area contributed by atoms with Crippen LogP contribution in [0.4, 0.5) is 0 Å². The van der Waals surface area contributed by atoms with Crippen LogP contribution in [0.25, 0.3) is 0 Å². The highest BCUT2D eigenvalue weighted by Gasteiger charge is 2.32. The Bertz CT molecular complexity index is 465. The molecule has 0 unspecified atom stereocenters. The quantitative estimate of drug-likeness (QED) is 0.254. The summed E-state index contributed by atoms with van der Waals surface area (Å²) in [7, 11) is 0. The number of amides is 4. The van der Waals surface area contributed by atoms with Crippen molar-refractivity contribution in [2.75, 3.05) is 26.3 Å². The Morgan fingerprint density at radius 2 is 1.75 bits per heavy atom. The molecule has 0 bridgehead atoms. The summed E-state index contributed by atoms with van der Waals surface area (Å²) < 4.78 is 5.14. The van der Waals surface area contributed by atoms with Gasteiger partial charge in [-0.2, -0.15) is 0 Å². The summed E-state index contributed by atoms with van der Waals surface area (Å²) in [5.41, 5.74) is 0. The van der Waals surface area contributed by atoms with Crippen LogP contribution in [0.3, 0.4) is 0 Å². The maximum absolute atomic E-state index is 11.5. The Labute approximate surface area is 138 Å². The van der Waals surface area contributed by atoms with Gasteiger partial charge in [-0.3, -0.25) is 19.2 Å². The van der Waals surface area contributed by atoms with Crippen molar-refractivity contribution in [2.45, 2.75) is 32.1 Å². The highest BCUT2D eigenvalue weighted by molar-refractivity contribution is 6.01. The summed E-state index contributed by atoms with van der Waals surface area (Å²) in [4.78, 5) is 60.2. The van der Waals surface area contributed by atoms with E-state index in [0.717, 1.165) is 0 Å². The molecule has 1 saturated heterocycles. The fourth-order valence-electron chi connectivity index (χ4n) is 1.84.